The second-order valence-corrected chi connectivity index (χ2v) is 8.87. The molecule has 0 heteroatoms. The average Bonchev–Trinajstić information content (AvgIpc) is 2.57. The number of hydrogen-bond donors (Lipinski definition) is 0. The minimum atomic E-state index is 0.896. The second kappa shape index (κ2) is 17.8. The van der Waals surface area contributed by atoms with Crippen molar-refractivity contribution in [3.05, 3.63) is 0 Å². The Bertz CT molecular complexity index is 230. The maximum Gasteiger partial charge on any atom is -0.0417 e. The summed E-state index contributed by atoms with van der Waals surface area (Å²) in [7, 11) is 0. The lowest BCUT2D eigenvalue weighted by molar-refractivity contribution is 0.363. The van der Waals surface area contributed by atoms with E-state index in [1.54, 1.807) is 0 Å². The zero-order valence-electron chi connectivity index (χ0n) is 18.0. The van der Waals surface area contributed by atoms with E-state index in [1.165, 1.54) is 103 Å². The summed E-state index contributed by atoms with van der Waals surface area (Å²) < 4.78 is 0. The molecule has 0 bridgehead atoms. The van der Waals surface area contributed by atoms with E-state index in [1.807, 2.05) is 0 Å². The molecule has 0 amide bonds. The smallest absolute Gasteiger partial charge is 0.0417 e. The summed E-state index contributed by atoms with van der Waals surface area (Å²) >= 11 is 0. The van der Waals surface area contributed by atoms with Crippen molar-refractivity contribution in [2.24, 2.45) is 17.8 Å². The Morgan fingerprint density at radius 1 is 0.458 bits per heavy atom. The molecule has 0 aliphatic carbocycles. The molecule has 0 aliphatic rings. The summed E-state index contributed by atoms with van der Waals surface area (Å²) in [6.07, 6.45) is 23.3. The summed E-state index contributed by atoms with van der Waals surface area (Å²) in [4.78, 5) is 0. The predicted molar refractivity (Wildman–Crippen MR) is 113 cm³/mol. The third-order valence-corrected chi connectivity index (χ3v) is 5.99. The minimum Gasteiger partial charge on any atom is -0.0651 e. The lowest BCUT2D eigenvalue weighted by Gasteiger charge is -2.17. The highest BCUT2D eigenvalue weighted by Crippen LogP contribution is 2.23. The minimum absolute atomic E-state index is 0.896. The van der Waals surface area contributed by atoms with Crippen LogP contribution in [0.3, 0.4) is 0 Å². The van der Waals surface area contributed by atoms with Gasteiger partial charge in [0, 0.05) is 0 Å². The van der Waals surface area contributed by atoms with Gasteiger partial charge in [0.05, 0.1) is 0 Å². The maximum atomic E-state index is 2.41. The zero-order chi connectivity index (χ0) is 18.0. The first-order valence-electron chi connectivity index (χ1n) is 11.6. The fraction of sp³-hybridized carbons (Fsp3) is 1.00. The number of rotatable bonds is 18. The first kappa shape index (κ1) is 24.0. The molecule has 0 heterocycles. The molecule has 2 atom stereocenters. The van der Waals surface area contributed by atoms with Gasteiger partial charge in [-0.3, -0.25) is 0 Å². The Balaban J connectivity index is 3.28. The second-order valence-electron chi connectivity index (χ2n) is 8.87. The van der Waals surface area contributed by atoms with Gasteiger partial charge in [-0.1, -0.05) is 137 Å². The molecular weight excluding hydrogens is 288 g/mol. The highest BCUT2D eigenvalue weighted by atomic mass is 14.1. The van der Waals surface area contributed by atoms with Crippen LogP contribution < -0.4 is 0 Å². The van der Waals surface area contributed by atoms with Crippen molar-refractivity contribution < 1.29 is 0 Å². The van der Waals surface area contributed by atoms with E-state index in [2.05, 4.69) is 34.6 Å². The van der Waals surface area contributed by atoms with Crippen LogP contribution in [0.1, 0.15) is 137 Å². The molecule has 24 heavy (non-hydrogen) atoms. The SMILES string of the molecule is CCC(C)CCC(CC)CCCCCCCCCCCCC(C)C. The van der Waals surface area contributed by atoms with E-state index in [4.69, 9.17) is 0 Å². The predicted octanol–water partition coefficient (Wildman–Crippen LogP) is 9.18. The van der Waals surface area contributed by atoms with Crippen LogP contribution in [0.25, 0.3) is 0 Å². The highest BCUT2D eigenvalue weighted by molar-refractivity contribution is 4.61. The van der Waals surface area contributed by atoms with Crippen molar-refractivity contribution in [2.45, 2.75) is 137 Å². The lowest BCUT2D eigenvalue weighted by atomic mass is 9.89. The van der Waals surface area contributed by atoms with Crippen molar-refractivity contribution in [1.29, 1.82) is 0 Å². The highest BCUT2D eigenvalue weighted by Gasteiger charge is 2.08. The van der Waals surface area contributed by atoms with Crippen LogP contribution in [0.15, 0.2) is 0 Å². The molecule has 146 valence electrons. The van der Waals surface area contributed by atoms with E-state index in [9.17, 15) is 0 Å². The Hall–Kier alpha value is 0. The number of hydrogen-bond acceptors (Lipinski definition) is 0. The molecule has 0 N–H and O–H groups in total. The molecule has 0 rings (SSSR count). The van der Waals surface area contributed by atoms with E-state index in [0.717, 1.165) is 17.8 Å². The number of unbranched alkanes of at least 4 members (excludes halogenated alkanes) is 9. The molecule has 2 unspecified atom stereocenters. The van der Waals surface area contributed by atoms with Gasteiger partial charge in [0.2, 0.25) is 0 Å². The molecule has 0 nitrogen and oxygen atoms in total. The maximum absolute atomic E-state index is 2.41. The van der Waals surface area contributed by atoms with Crippen LogP contribution in [0.5, 0.6) is 0 Å². The zero-order valence-corrected chi connectivity index (χ0v) is 18.0. The van der Waals surface area contributed by atoms with Crippen molar-refractivity contribution in [1.82, 2.24) is 0 Å². The van der Waals surface area contributed by atoms with Crippen LogP contribution in [0.2, 0.25) is 0 Å². The van der Waals surface area contributed by atoms with Gasteiger partial charge in [0.1, 0.15) is 0 Å². The van der Waals surface area contributed by atoms with Crippen LogP contribution in [-0.2, 0) is 0 Å². The van der Waals surface area contributed by atoms with Gasteiger partial charge < -0.3 is 0 Å². The molecule has 0 saturated carbocycles. The van der Waals surface area contributed by atoms with Gasteiger partial charge in [0.15, 0.2) is 0 Å². The molecule has 0 fully saturated rings. The first-order chi connectivity index (χ1) is 11.6. The summed E-state index contributed by atoms with van der Waals surface area (Å²) in [6.45, 7) is 11.8. The summed E-state index contributed by atoms with van der Waals surface area (Å²) in [5.74, 6) is 2.83. The first-order valence-corrected chi connectivity index (χ1v) is 11.6. The molecule has 0 aromatic rings. The monoisotopic (exact) mass is 338 g/mol. The van der Waals surface area contributed by atoms with Gasteiger partial charge in [-0.05, 0) is 17.8 Å². The van der Waals surface area contributed by atoms with Gasteiger partial charge in [0.25, 0.3) is 0 Å². The van der Waals surface area contributed by atoms with E-state index >= 15 is 0 Å². The van der Waals surface area contributed by atoms with Crippen LogP contribution >= 0.6 is 0 Å². The fourth-order valence-electron chi connectivity index (χ4n) is 3.68. The molecule has 0 aromatic heterocycles. The molecular formula is C24H50. The van der Waals surface area contributed by atoms with E-state index in [-0.39, 0.29) is 0 Å². The normalized spacial score (nSPS) is 14.2. The van der Waals surface area contributed by atoms with Crippen LogP contribution in [0.4, 0.5) is 0 Å². The van der Waals surface area contributed by atoms with Gasteiger partial charge in [-0.2, -0.15) is 0 Å². The van der Waals surface area contributed by atoms with Crippen LogP contribution in [0, 0.1) is 17.8 Å². The molecule has 0 saturated heterocycles. The van der Waals surface area contributed by atoms with Crippen LogP contribution in [-0.4, -0.2) is 0 Å². The quantitative estimate of drug-likeness (QED) is 0.218. The van der Waals surface area contributed by atoms with Crippen molar-refractivity contribution >= 4 is 0 Å². The third-order valence-electron chi connectivity index (χ3n) is 5.99. The lowest BCUT2D eigenvalue weighted by Crippen LogP contribution is -2.02. The van der Waals surface area contributed by atoms with Gasteiger partial charge in [-0.15, -0.1) is 0 Å². The van der Waals surface area contributed by atoms with Crippen molar-refractivity contribution in [3.8, 4) is 0 Å². The Kier molecular flexibility index (Phi) is 17.8. The topological polar surface area (TPSA) is 0 Å². The molecule has 0 radical (unpaired) electrons. The Morgan fingerprint density at radius 2 is 0.917 bits per heavy atom. The standard InChI is InChI=1S/C24H50/c1-6-23(5)20-21-24(7-2)19-17-15-13-11-9-8-10-12-14-16-18-22(3)4/h22-24H,6-21H2,1-5H3. The molecule has 0 aromatic carbocycles. The molecule has 0 aliphatic heterocycles. The Labute approximate surface area is 155 Å². The van der Waals surface area contributed by atoms with Gasteiger partial charge >= 0.3 is 0 Å². The van der Waals surface area contributed by atoms with Crippen molar-refractivity contribution in [2.75, 3.05) is 0 Å². The Morgan fingerprint density at radius 3 is 1.33 bits per heavy atom. The average molecular weight is 339 g/mol. The summed E-state index contributed by atoms with van der Waals surface area (Å²) in [5, 5.41) is 0. The van der Waals surface area contributed by atoms with Gasteiger partial charge in [-0.25, -0.2) is 0 Å². The largest absolute Gasteiger partial charge is 0.0651 e. The third kappa shape index (κ3) is 16.8. The van der Waals surface area contributed by atoms with Crippen molar-refractivity contribution in [3.63, 3.8) is 0 Å². The van der Waals surface area contributed by atoms with E-state index in [0.29, 0.717) is 0 Å². The van der Waals surface area contributed by atoms with E-state index < -0.39 is 0 Å². The fourth-order valence-corrected chi connectivity index (χ4v) is 3.68. The molecule has 0 spiro atoms. The summed E-state index contributed by atoms with van der Waals surface area (Å²) in [5.41, 5.74) is 0. The summed E-state index contributed by atoms with van der Waals surface area (Å²) in [6, 6.07) is 0.